The lowest BCUT2D eigenvalue weighted by atomic mass is 10.0. The Kier molecular flexibility index (Phi) is 6.59. The second-order valence-electron chi connectivity index (χ2n) is 8.35. The Morgan fingerprint density at radius 2 is 1.97 bits per heavy atom. The maximum Gasteiger partial charge on any atom is 0.129 e. The van der Waals surface area contributed by atoms with Crippen LogP contribution in [0.5, 0.6) is 5.75 Å². The van der Waals surface area contributed by atoms with E-state index in [1.165, 1.54) is 12.8 Å². The van der Waals surface area contributed by atoms with Crippen molar-refractivity contribution < 1.29 is 4.74 Å². The Morgan fingerprint density at radius 3 is 2.80 bits per heavy atom. The van der Waals surface area contributed by atoms with Gasteiger partial charge in [0.2, 0.25) is 0 Å². The van der Waals surface area contributed by atoms with E-state index in [0.717, 1.165) is 67.3 Å². The Labute approximate surface area is 179 Å². The van der Waals surface area contributed by atoms with Gasteiger partial charge in [0.25, 0.3) is 0 Å². The summed E-state index contributed by atoms with van der Waals surface area (Å²) in [4.78, 5) is 2.57. The average molecular weight is 411 g/mol. The van der Waals surface area contributed by atoms with Crippen molar-refractivity contribution in [3.63, 3.8) is 0 Å². The van der Waals surface area contributed by atoms with Crippen LogP contribution in [0.2, 0.25) is 0 Å². The van der Waals surface area contributed by atoms with Crippen molar-refractivity contribution in [2.24, 2.45) is 0 Å². The summed E-state index contributed by atoms with van der Waals surface area (Å²) in [5, 5.41) is 11.5. The highest BCUT2D eigenvalue weighted by Gasteiger charge is 2.21. The van der Waals surface area contributed by atoms with E-state index in [1.54, 1.807) is 0 Å². The molecule has 4 N–H and O–H groups in total. The number of nitrogens with two attached hydrogens (primary N) is 1. The lowest BCUT2D eigenvalue weighted by molar-refractivity contribution is 0.136. The Hall–Kier alpha value is -2.51. The molecule has 7 nitrogen and oxygen atoms in total. The fraction of sp³-hybridized carbons (Fsp3) is 0.522. The molecule has 7 heteroatoms. The summed E-state index contributed by atoms with van der Waals surface area (Å²) in [6.07, 6.45) is 5.03. The predicted molar refractivity (Wildman–Crippen MR) is 122 cm³/mol. The number of nitrogens with zero attached hydrogens (tertiary/aromatic N) is 3. The van der Waals surface area contributed by atoms with Crippen LogP contribution in [0.25, 0.3) is 11.1 Å². The number of fused-ring (bicyclic) bond motifs is 5. The third-order valence-corrected chi connectivity index (χ3v) is 6.11. The molecule has 162 valence electrons. The number of piperidine rings is 1. The summed E-state index contributed by atoms with van der Waals surface area (Å²) < 4.78 is 8.05. The molecular weight excluding hydrogens is 376 g/mol. The molecule has 0 amide bonds. The lowest BCUT2D eigenvalue weighted by Gasteiger charge is -2.34. The quantitative estimate of drug-likeness (QED) is 0.670. The summed E-state index contributed by atoms with van der Waals surface area (Å²) in [6.45, 7) is 12.6. The average Bonchev–Trinajstić information content (AvgIpc) is 3.11. The van der Waals surface area contributed by atoms with Crippen LogP contribution in [0.3, 0.4) is 0 Å². The summed E-state index contributed by atoms with van der Waals surface area (Å²) in [6, 6.07) is 6.91. The van der Waals surface area contributed by atoms with Crippen molar-refractivity contribution >= 4 is 5.82 Å². The third kappa shape index (κ3) is 4.96. The summed E-state index contributed by atoms with van der Waals surface area (Å²) in [5.41, 5.74) is 10.6. The molecule has 2 aliphatic heterocycles. The number of anilines is 1. The molecule has 30 heavy (non-hydrogen) atoms. The molecule has 0 spiro atoms. The number of allylic oxidation sites excluding steroid dienone is 1. The summed E-state index contributed by atoms with van der Waals surface area (Å²) >= 11 is 0. The van der Waals surface area contributed by atoms with Crippen molar-refractivity contribution in [2.75, 3.05) is 45.1 Å². The fourth-order valence-electron chi connectivity index (χ4n) is 4.42. The van der Waals surface area contributed by atoms with Crippen LogP contribution in [0.15, 0.2) is 36.7 Å². The number of nitrogens with one attached hydrogen (secondary N) is 2. The lowest BCUT2D eigenvalue weighted by Crippen LogP contribution is -2.47. The van der Waals surface area contributed by atoms with Crippen LogP contribution in [0, 0.1) is 6.92 Å². The van der Waals surface area contributed by atoms with Crippen molar-refractivity contribution in [3.05, 3.63) is 42.2 Å². The second kappa shape index (κ2) is 9.53. The number of ether oxygens (including phenoxy) is 1. The number of benzene rings is 1. The molecule has 0 aliphatic carbocycles. The van der Waals surface area contributed by atoms with Crippen molar-refractivity contribution in [2.45, 2.75) is 38.8 Å². The van der Waals surface area contributed by atoms with E-state index in [0.29, 0.717) is 25.0 Å². The van der Waals surface area contributed by atoms with E-state index in [2.05, 4.69) is 52.3 Å². The van der Waals surface area contributed by atoms with Gasteiger partial charge in [0.1, 0.15) is 18.2 Å². The summed E-state index contributed by atoms with van der Waals surface area (Å²) in [5.74, 6) is 1.57. The minimum Gasteiger partial charge on any atom is -0.492 e. The number of aromatic nitrogens is 2. The first-order chi connectivity index (χ1) is 14.6. The Bertz CT molecular complexity index is 871. The topological polar surface area (TPSA) is 80.4 Å². The molecule has 1 aromatic heterocycles. The first kappa shape index (κ1) is 20.8. The van der Waals surface area contributed by atoms with E-state index in [-0.39, 0.29) is 0 Å². The number of nitrogen functional groups attached to an aromatic ring is 1. The van der Waals surface area contributed by atoms with Crippen LogP contribution >= 0.6 is 0 Å². The van der Waals surface area contributed by atoms with Crippen LogP contribution in [-0.2, 0) is 6.54 Å². The van der Waals surface area contributed by atoms with Gasteiger partial charge in [0.15, 0.2) is 0 Å². The Balaban J connectivity index is 1.56. The van der Waals surface area contributed by atoms with Crippen molar-refractivity contribution in [1.29, 1.82) is 0 Å². The maximum atomic E-state index is 6.41. The monoisotopic (exact) mass is 410 g/mol. The van der Waals surface area contributed by atoms with E-state index in [1.807, 2.05) is 10.9 Å². The van der Waals surface area contributed by atoms with Crippen molar-refractivity contribution in [3.8, 4) is 16.9 Å². The molecule has 0 radical (unpaired) electrons. The third-order valence-electron chi connectivity index (χ3n) is 6.11. The molecule has 1 aromatic carbocycles. The van der Waals surface area contributed by atoms with E-state index < -0.39 is 0 Å². The van der Waals surface area contributed by atoms with Crippen LogP contribution < -0.4 is 21.1 Å². The number of hydrogen-bond acceptors (Lipinski definition) is 6. The highest BCUT2D eigenvalue weighted by Crippen LogP contribution is 2.30. The largest absolute Gasteiger partial charge is 0.492 e. The molecular formula is C23H34N6O. The fourth-order valence-corrected chi connectivity index (χ4v) is 4.42. The van der Waals surface area contributed by atoms with Gasteiger partial charge in [-0.25, -0.2) is 4.68 Å². The van der Waals surface area contributed by atoms with Crippen LogP contribution in [0.4, 0.5) is 5.82 Å². The SMILES string of the molecule is C=C1CCn2ncc(c2N)-c2cc(C)cc(c2)OCCN(C2CCNCC2)CCN1. The molecule has 0 atom stereocenters. The number of aryl methyl sites for hydroxylation is 2. The highest BCUT2D eigenvalue weighted by molar-refractivity contribution is 5.75. The van der Waals surface area contributed by atoms with E-state index in [9.17, 15) is 0 Å². The molecule has 2 aliphatic rings. The zero-order valence-electron chi connectivity index (χ0n) is 18.0. The van der Waals surface area contributed by atoms with E-state index in [4.69, 9.17) is 10.5 Å². The van der Waals surface area contributed by atoms with Gasteiger partial charge in [-0.1, -0.05) is 12.6 Å². The van der Waals surface area contributed by atoms with Crippen LogP contribution in [0.1, 0.15) is 24.8 Å². The second-order valence-corrected chi connectivity index (χ2v) is 8.35. The maximum absolute atomic E-state index is 6.41. The van der Waals surface area contributed by atoms with Gasteiger partial charge in [-0.3, -0.25) is 4.90 Å². The normalized spacial score (nSPS) is 19.8. The van der Waals surface area contributed by atoms with Gasteiger partial charge in [-0.2, -0.15) is 5.10 Å². The van der Waals surface area contributed by atoms with Crippen LogP contribution in [-0.4, -0.2) is 60.1 Å². The minimum absolute atomic E-state index is 0.608. The van der Waals surface area contributed by atoms with Gasteiger partial charge in [0, 0.05) is 49.9 Å². The molecule has 4 rings (SSSR count). The molecule has 4 bridgehead atoms. The van der Waals surface area contributed by atoms with Gasteiger partial charge in [-0.15, -0.1) is 0 Å². The molecule has 1 saturated heterocycles. The molecule has 2 aromatic rings. The van der Waals surface area contributed by atoms with Gasteiger partial charge >= 0.3 is 0 Å². The molecule has 0 saturated carbocycles. The minimum atomic E-state index is 0.608. The summed E-state index contributed by atoms with van der Waals surface area (Å²) in [7, 11) is 0. The highest BCUT2D eigenvalue weighted by atomic mass is 16.5. The number of rotatable bonds is 1. The van der Waals surface area contributed by atoms with Gasteiger partial charge in [-0.05, 0) is 56.1 Å². The Morgan fingerprint density at radius 1 is 1.13 bits per heavy atom. The van der Waals surface area contributed by atoms with Crippen molar-refractivity contribution in [1.82, 2.24) is 25.3 Å². The first-order valence-corrected chi connectivity index (χ1v) is 11.0. The zero-order chi connectivity index (χ0) is 20.9. The molecule has 1 fully saturated rings. The number of hydrogen-bond donors (Lipinski definition) is 3. The first-order valence-electron chi connectivity index (χ1n) is 11.0. The smallest absolute Gasteiger partial charge is 0.129 e. The zero-order valence-corrected chi connectivity index (χ0v) is 18.0. The van der Waals surface area contributed by atoms with Gasteiger partial charge in [0.05, 0.1) is 6.20 Å². The molecule has 3 heterocycles. The molecule has 0 unspecified atom stereocenters. The van der Waals surface area contributed by atoms with Gasteiger partial charge < -0.3 is 21.1 Å². The standard InChI is InChI=1S/C23H34N6O/c1-17-13-19-15-21(14-17)30-12-11-28(20-3-6-25-7-4-20)10-8-26-18(2)5-9-29-23(24)22(19)16-27-29/h13-16,20,25-26H,2-12,24H2,1H3. The van der Waals surface area contributed by atoms with E-state index >= 15 is 0 Å². The predicted octanol–water partition coefficient (Wildman–Crippen LogP) is 2.38.